The quantitative estimate of drug-likeness (QED) is 0.866. The second kappa shape index (κ2) is 5.72. The first kappa shape index (κ1) is 14.8. The topological polar surface area (TPSA) is 57.1 Å². The number of amides is 1. The molecule has 0 aliphatic carbocycles. The number of carbonyl (C=O) groups is 1. The van der Waals surface area contributed by atoms with E-state index in [1.807, 2.05) is 12.1 Å². The first-order chi connectivity index (χ1) is 11.6. The lowest BCUT2D eigenvalue weighted by Gasteiger charge is -2.27. The lowest BCUT2D eigenvalue weighted by molar-refractivity contribution is -0.119. The predicted molar refractivity (Wildman–Crippen MR) is 91.3 cm³/mol. The monoisotopic (exact) mass is 342 g/mol. The fourth-order valence-electron chi connectivity index (χ4n) is 2.83. The number of nitrogens with one attached hydrogen (secondary N) is 1. The molecule has 2 aliphatic heterocycles. The Balaban J connectivity index is 1.91. The highest BCUT2D eigenvalue weighted by atomic mass is 35.5. The summed E-state index contributed by atoms with van der Waals surface area (Å²) in [6.45, 7) is 0.412. The van der Waals surface area contributed by atoms with Crippen molar-refractivity contribution in [2.24, 2.45) is 10.1 Å². The van der Waals surface area contributed by atoms with Crippen LogP contribution in [0.15, 0.2) is 52.6 Å². The van der Waals surface area contributed by atoms with Gasteiger partial charge in [-0.15, -0.1) is 0 Å². The fourth-order valence-corrected chi connectivity index (χ4v) is 2.95. The number of hydrogen-bond donors (Lipinski definition) is 1. The third kappa shape index (κ3) is 2.55. The molecule has 0 radical (unpaired) electrons. The van der Waals surface area contributed by atoms with Crippen LogP contribution in [0.2, 0.25) is 5.02 Å². The van der Waals surface area contributed by atoms with Gasteiger partial charge in [-0.3, -0.25) is 9.79 Å². The van der Waals surface area contributed by atoms with Crippen LogP contribution in [0.25, 0.3) is 0 Å². The minimum atomic E-state index is -0.364. The number of halogens is 2. The van der Waals surface area contributed by atoms with Gasteiger partial charge in [-0.25, -0.2) is 9.82 Å². The molecular formula is C17H12ClFN4O. The Hall–Kier alpha value is -2.73. The minimum Gasteiger partial charge on any atom is -0.317 e. The molecule has 2 aromatic rings. The highest BCUT2D eigenvalue weighted by molar-refractivity contribution is 6.31. The van der Waals surface area contributed by atoms with Gasteiger partial charge in [-0.2, -0.15) is 5.10 Å². The molecule has 2 aromatic carbocycles. The molecule has 0 atom stereocenters. The number of rotatable bonds is 1. The van der Waals surface area contributed by atoms with Crippen molar-refractivity contribution in [2.75, 3.05) is 18.0 Å². The number of hydrazone groups is 1. The summed E-state index contributed by atoms with van der Waals surface area (Å²) in [5.41, 5.74) is 5.26. The van der Waals surface area contributed by atoms with Crippen molar-refractivity contribution >= 4 is 34.7 Å². The van der Waals surface area contributed by atoms with Gasteiger partial charge >= 0.3 is 0 Å². The molecule has 2 aliphatic rings. The normalized spacial score (nSPS) is 16.4. The van der Waals surface area contributed by atoms with Crippen molar-refractivity contribution in [3.8, 4) is 0 Å². The smallest absolute Gasteiger partial charge is 0.260 e. The first-order valence-corrected chi connectivity index (χ1v) is 7.73. The van der Waals surface area contributed by atoms with Crippen LogP contribution >= 0.6 is 11.6 Å². The van der Waals surface area contributed by atoms with Gasteiger partial charge in [-0.05, 0) is 30.3 Å². The summed E-state index contributed by atoms with van der Waals surface area (Å²) in [6, 6.07) is 11.6. The Morgan fingerprint density at radius 3 is 2.75 bits per heavy atom. The zero-order chi connectivity index (χ0) is 16.7. The molecule has 2 heterocycles. The van der Waals surface area contributed by atoms with E-state index in [2.05, 4.69) is 15.5 Å². The van der Waals surface area contributed by atoms with Crippen LogP contribution in [0.4, 0.5) is 10.1 Å². The van der Waals surface area contributed by atoms with E-state index in [1.165, 1.54) is 12.1 Å². The standard InChI is InChI=1S/C17H12ClFN4O/c18-11-3-1-10(2-4-11)17-13-7-12(19)5-6-14(13)23-9-16(24)22-21-15(23)8-20-17/h1-7H,8-9H2,(H,22,24). The van der Waals surface area contributed by atoms with Gasteiger partial charge < -0.3 is 4.90 Å². The summed E-state index contributed by atoms with van der Waals surface area (Å²) in [4.78, 5) is 18.1. The van der Waals surface area contributed by atoms with Crippen LogP contribution in [0.1, 0.15) is 11.1 Å². The summed E-state index contributed by atoms with van der Waals surface area (Å²) in [5.74, 6) is 0.0349. The largest absolute Gasteiger partial charge is 0.317 e. The molecule has 0 aromatic heterocycles. The van der Waals surface area contributed by atoms with Gasteiger partial charge in [0, 0.05) is 16.1 Å². The van der Waals surface area contributed by atoms with Crippen LogP contribution in [-0.4, -0.2) is 30.5 Å². The van der Waals surface area contributed by atoms with E-state index in [1.54, 1.807) is 23.1 Å². The molecule has 24 heavy (non-hydrogen) atoms. The van der Waals surface area contributed by atoms with Crippen molar-refractivity contribution < 1.29 is 9.18 Å². The summed E-state index contributed by atoms with van der Waals surface area (Å²) in [7, 11) is 0. The fraction of sp³-hybridized carbons (Fsp3) is 0.118. The van der Waals surface area contributed by atoms with E-state index >= 15 is 0 Å². The molecule has 0 spiro atoms. The third-order valence-corrected chi connectivity index (χ3v) is 4.18. The highest BCUT2D eigenvalue weighted by Gasteiger charge is 2.28. The number of fused-ring (bicyclic) bond motifs is 3. The average Bonchev–Trinajstić information content (AvgIpc) is 2.72. The SMILES string of the molecule is O=C1CN2C(=NN1)CN=C(c1ccc(Cl)cc1)c1cc(F)ccc12. The van der Waals surface area contributed by atoms with E-state index in [0.29, 0.717) is 27.8 Å². The third-order valence-electron chi connectivity index (χ3n) is 3.92. The van der Waals surface area contributed by atoms with Gasteiger partial charge in [0.2, 0.25) is 0 Å². The molecule has 0 saturated heterocycles. The van der Waals surface area contributed by atoms with Crippen LogP contribution in [0, 0.1) is 5.82 Å². The molecule has 1 N–H and O–H groups in total. The lowest BCUT2D eigenvalue weighted by Crippen LogP contribution is -2.46. The van der Waals surface area contributed by atoms with E-state index in [9.17, 15) is 9.18 Å². The van der Waals surface area contributed by atoms with E-state index in [4.69, 9.17) is 11.6 Å². The van der Waals surface area contributed by atoms with Gasteiger partial charge in [0.25, 0.3) is 5.91 Å². The summed E-state index contributed by atoms with van der Waals surface area (Å²) < 4.78 is 13.9. The lowest BCUT2D eigenvalue weighted by atomic mass is 10.00. The molecular weight excluding hydrogens is 331 g/mol. The molecule has 4 rings (SSSR count). The Morgan fingerprint density at radius 2 is 1.96 bits per heavy atom. The molecule has 0 unspecified atom stereocenters. The van der Waals surface area contributed by atoms with E-state index in [0.717, 1.165) is 5.56 Å². The number of benzene rings is 2. The Kier molecular flexibility index (Phi) is 3.54. The van der Waals surface area contributed by atoms with Gasteiger partial charge in [0.15, 0.2) is 5.84 Å². The number of carbonyl (C=O) groups excluding carboxylic acids is 1. The second-order valence-corrected chi connectivity index (χ2v) is 5.92. The van der Waals surface area contributed by atoms with Crippen LogP contribution in [-0.2, 0) is 4.79 Å². The zero-order valence-corrected chi connectivity index (χ0v) is 13.2. The minimum absolute atomic E-state index is 0.126. The molecule has 0 bridgehead atoms. The zero-order valence-electron chi connectivity index (χ0n) is 12.5. The molecule has 0 saturated carbocycles. The molecule has 5 nitrogen and oxygen atoms in total. The second-order valence-electron chi connectivity index (χ2n) is 5.48. The molecule has 7 heteroatoms. The highest BCUT2D eigenvalue weighted by Crippen LogP contribution is 2.29. The van der Waals surface area contributed by atoms with Crippen LogP contribution in [0.5, 0.6) is 0 Å². The maximum absolute atomic E-state index is 13.9. The van der Waals surface area contributed by atoms with Crippen molar-refractivity contribution in [1.82, 2.24) is 5.43 Å². The van der Waals surface area contributed by atoms with Crippen LogP contribution in [0.3, 0.4) is 0 Å². The summed E-state index contributed by atoms with van der Waals surface area (Å²) >= 11 is 5.95. The van der Waals surface area contributed by atoms with E-state index in [-0.39, 0.29) is 24.8 Å². The molecule has 120 valence electrons. The molecule has 0 fully saturated rings. The maximum Gasteiger partial charge on any atom is 0.260 e. The summed E-state index contributed by atoms with van der Waals surface area (Å²) in [6.07, 6.45) is 0. The Morgan fingerprint density at radius 1 is 1.17 bits per heavy atom. The van der Waals surface area contributed by atoms with Gasteiger partial charge in [0.1, 0.15) is 12.4 Å². The number of aliphatic imine (C=N–C) groups is 1. The average molecular weight is 343 g/mol. The van der Waals surface area contributed by atoms with Gasteiger partial charge in [0.05, 0.1) is 17.9 Å². The van der Waals surface area contributed by atoms with Crippen LogP contribution < -0.4 is 10.3 Å². The maximum atomic E-state index is 13.9. The van der Waals surface area contributed by atoms with Crippen molar-refractivity contribution in [3.05, 3.63) is 64.4 Å². The first-order valence-electron chi connectivity index (χ1n) is 7.35. The Bertz CT molecular complexity index is 892. The van der Waals surface area contributed by atoms with E-state index < -0.39 is 0 Å². The van der Waals surface area contributed by atoms with Gasteiger partial charge in [-0.1, -0.05) is 23.7 Å². The van der Waals surface area contributed by atoms with Crippen molar-refractivity contribution in [1.29, 1.82) is 0 Å². The Labute approximate surface area is 142 Å². The number of hydrogen-bond acceptors (Lipinski definition) is 4. The number of anilines is 1. The number of nitrogens with zero attached hydrogens (tertiary/aromatic N) is 3. The predicted octanol–water partition coefficient (Wildman–Crippen LogP) is 2.58. The summed E-state index contributed by atoms with van der Waals surface area (Å²) in [5, 5.41) is 4.69. The number of amidine groups is 1. The van der Waals surface area contributed by atoms with Crippen molar-refractivity contribution in [2.45, 2.75) is 0 Å². The molecule has 1 amide bonds. The van der Waals surface area contributed by atoms with Crippen molar-refractivity contribution in [3.63, 3.8) is 0 Å².